The lowest BCUT2D eigenvalue weighted by molar-refractivity contribution is 0.660. The molecule has 8 heterocycles. The van der Waals surface area contributed by atoms with Crippen molar-refractivity contribution in [2.24, 2.45) is 0 Å². The van der Waals surface area contributed by atoms with E-state index < -0.39 is 0 Å². The van der Waals surface area contributed by atoms with Crippen LogP contribution in [0.4, 0.5) is 0 Å². The van der Waals surface area contributed by atoms with Crippen molar-refractivity contribution in [2.45, 2.75) is 19.3 Å². The molecule has 1 aliphatic rings. The Balaban J connectivity index is 0.000000135. The molecule has 1 aliphatic carbocycles. The Morgan fingerprint density at radius 3 is 1.18 bits per heavy atom. The van der Waals surface area contributed by atoms with Gasteiger partial charge in [-0.1, -0.05) is 257 Å². The van der Waals surface area contributed by atoms with Gasteiger partial charge in [-0.2, -0.15) is 0 Å². The van der Waals surface area contributed by atoms with Crippen LogP contribution in [-0.4, -0.2) is 39.0 Å². The van der Waals surface area contributed by atoms with Crippen molar-refractivity contribution in [3.8, 4) is 90.0 Å². The average Bonchev–Trinajstić information content (AvgIpc) is 1.55. The maximum Gasteiger partial charge on any atom is 0.163 e. The fourth-order valence-electron chi connectivity index (χ4n) is 18.2. The van der Waals surface area contributed by atoms with Gasteiger partial charge >= 0.3 is 0 Å². The number of thiophene rings is 2. The van der Waals surface area contributed by atoms with Crippen molar-refractivity contribution in [1.29, 1.82) is 0 Å². The van der Waals surface area contributed by atoms with Gasteiger partial charge in [0.25, 0.3) is 0 Å². The molecule has 0 bridgehead atoms. The summed E-state index contributed by atoms with van der Waals surface area (Å²) in [6.07, 6.45) is 3.63. The predicted molar refractivity (Wildman–Crippen MR) is 474 cm³/mol. The summed E-state index contributed by atoms with van der Waals surface area (Å²) in [6, 6.07) is 122. The molecular formula is C103H64N8S2. The van der Waals surface area contributed by atoms with Crippen LogP contribution in [0.1, 0.15) is 25.0 Å². The van der Waals surface area contributed by atoms with E-state index in [0.717, 1.165) is 83.6 Å². The van der Waals surface area contributed by atoms with Gasteiger partial charge in [0.15, 0.2) is 22.9 Å². The summed E-state index contributed by atoms with van der Waals surface area (Å²) < 4.78 is 10.1. The Morgan fingerprint density at radius 2 is 0.664 bits per heavy atom. The van der Waals surface area contributed by atoms with Gasteiger partial charge in [0.05, 0.1) is 42.9 Å². The molecule has 113 heavy (non-hydrogen) atoms. The molecule has 24 rings (SSSR count). The largest absolute Gasteiger partial charge is 0.308 e. The molecule has 15 aromatic carbocycles. The highest BCUT2D eigenvalue weighted by Crippen LogP contribution is 2.53. The van der Waals surface area contributed by atoms with Gasteiger partial charge in [-0.05, 0) is 163 Å². The Labute approximate surface area is 657 Å². The van der Waals surface area contributed by atoms with E-state index in [-0.39, 0.29) is 5.41 Å². The smallest absolute Gasteiger partial charge is 0.163 e. The molecule has 0 saturated carbocycles. The van der Waals surface area contributed by atoms with Gasteiger partial charge in [0, 0.05) is 115 Å². The summed E-state index contributed by atoms with van der Waals surface area (Å²) >= 11 is 3.76. The van der Waals surface area contributed by atoms with Crippen LogP contribution in [0.2, 0.25) is 0 Å². The molecule has 8 nitrogen and oxygen atoms in total. The normalized spacial score (nSPS) is 12.6. The number of fused-ring (bicyclic) bond motifs is 25. The summed E-state index contributed by atoms with van der Waals surface area (Å²) in [6.45, 7) is 4.64. The number of benzene rings is 15. The number of hydrogen-bond acceptors (Lipinski definition) is 8. The molecule has 0 amide bonds. The summed E-state index contributed by atoms with van der Waals surface area (Å²) in [7, 11) is 0. The van der Waals surface area contributed by atoms with E-state index in [2.05, 4.69) is 351 Å². The molecule has 0 unspecified atom stereocenters. The van der Waals surface area contributed by atoms with Crippen molar-refractivity contribution in [3.63, 3.8) is 0 Å². The van der Waals surface area contributed by atoms with Crippen molar-refractivity contribution in [2.75, 3.05) is 0 Å². The Kier molecular flexibility index (Phi) is 14.6. The van der Waals surface area contributed by atoms with Crippen molar-refractivity contribution in [3.05, 3.63) is 363 Å². The molecule has 0 spiro atoms. The molecule has 10 heteroatoms. The lowest BCUT2D eigenvalue weighted by Crippen LogP contribution is -2.15. The lowest BCUT2D eigenvalue weighted by Gasteiger charge is -2.22. The second kappa shape index (κ2) is 25.5. The summed E-state index contributed by atoms with van der Waals surface area (Å²) in [5.74, 6) is 1.29. The van der Waals surface area contributed by atoms with E-state index in [1.807, 2.05) is 47.2 Å². The quantitative estimate of drug-likeness (QED) is 0.151. The molecule has 8 aromatic heterocycles. The van der Waals surface area contributed by atoms with Crippen LogP contribution in [0.15, 0.2) is 352 Å². The molecule has 0 aliphatic heterocycles. The molecule has 0 N–H and O–H groups in total. The zero-order chi connectivity index (χ0) is 74.6. The zero-order valence-electron chi connectivity index (χ0n) is 61.4. The van der Waals surface area contributed by atoms with E-state index in [4.69, 9.17) is 29.9 Å². The highest BCUT2D eigenvalue weighted by Gasteiger charge is 2.36. The van der Waals surface area contributed by atoms with Gasteiger partial charge < -0.3 is 9.13 Å². The molecule has 0 fully saturated rings. The maximum atomic E-state index is 5.42. The second-order valence-electron chi connectivity index (χ2n) is 30.0. The number of hydrogen-bond donors (Lipinski definition) is 0. The number of rotatable bonds is 8. The van der Waals surface area contributed by atoms with E-state index in [0.29, 0.717) is 22.9 Å². The van der Waals surface area contributed by atoms with Crippen LogP contribution in [0, 0.1) is 0 Å². The van der Waals surface area contributed by atoms with Crippen molar-refractivity contribution < 1.29 is 0 Å². The minimum Gasteiger partial charge on any atom is -0.308 e. The number of pyridine rings is 2. The molecular weight excluding hydrogens is 1410 g/mol. The van der Waals surface area contributed by atoms with E-state index >= 15 is 0 Å². The third-order valence-corrected chi connectivity index (χ3v) is 25.6. The third-order valence-electron chi connectivity index (χ3n) is 23.2. The number of aromatic nitrogens is 8. The average molecular weight is 1480 g/mol. The van der Waals surface area contributed by atoms with Crippen LogP contribution in [-0.2, 0) is 5.41 Å². The first-order valence-electron chi connectivity index (χ1n) is 38.3. The van der Waals surface area contributed by atoms with Gasteiger partial charge in [0.2, 0.25) is 0 Å². The Bertz CT molecular complexity index is 7870. The first-order valence-corrected chi connectivity index (χ1v) is 39.9. The Hall–Kier alpha value is -14.2. The third kappa shape index (κ3) is 10.1. The van der Waals surface area contributed by atoms with Gasteiger partial charge in [0.1, 0.15) is 0 Å². The number of para-hydroxylation sites is 2. The highest BCUT2D eigenvalue weighted by atomic mass is 32.1. The van der Waals surface area contributed by atoms with Gasteiger partial charge in [-0.15, -0.1) is 22.7 Å². The fourth-order valence-corrected chi connectivity index (χ4v) is 20.7. The first-order chi connectivity index (χ1) is 55.8. The first kappa shape index (κ1) is 64.8. The standard InChI is InChI=1S/C53H32N4S.C50H32N4S/c1-3-15-33(16-4-1)36-29-37(34-17-5-2-6-18-34)31-38(30-36)49-44-25-14-28-54-53(44)56-52(55-49)35-19-13-20-39(32-35)57-45-26-11-9-23-42(45)47-40-21-7-8-22-41(40)48-43-24-10-12-27-46(43)58-51(48)50(47)57;1-50(2)39-21-8-5-15-32(39)33-25-24-29(28-40(33)50)45-38-20-12-26-51-49(38)53-48(52-45)30-13-11-14-31(27-30)54-41-22-9-6-18-36(41)43-34-16-3-4-17-35(34)44-37-19-7-10-23-42(37)55-47(44)46(43)54/h1-32H;3-28H,1-2H3. The summed E-state index contributed by atoms with van der Waals surface area (Å²) in [4.78, 5) is 30.6. The molecule has 0 radical (unpaired) electrons. The van der Waals surface area contributed by atoms with Crippen molar-refractivity contribution in [1.82, 2.24) is 39.0 Å². The SMILES string of the molecule is CC1(C)c2ccccc2-c2ccc(-c3nc(-c4cccc(-n5c6ccccc6c6c7ccccc7c7c8ccccc8sc7c65)c4)nc4ncccc34)cc21.c1ccc(-c2cc(-c3ccccc3)cc(-c3nc(-c4cccc(-n5c6ccccc6c6c7ccccc7c7c8ccccc8sc7c65)c4)nc4ncccc34)c2)cc1. The Morgan fingerprint density at radius 1 is 0.265 bits per heavy atom. The highest BCUT2D eigenvalue weighted by molar-refractivity contribution is 7.27. The van der Waals surface area contributed by atoms with Crippen LogP contribution in [0.5, 0.6) is 0 Å². The summed E-state index contributed by atoms with van der Waals surface area (Å²) in [5, 5.41) is 17.2. The molecule has 0 atom stereocenters. The van der Waals surface area contributed by atoms with Crippen LogP contribution in [0.25, 0.3) is 218 Å². The minimum absolute atomic E-state index is 0.117. The van der Waals surface area contributed by atoms with Crippen LogP contribution >= 0.6 is 22.7 Å². The minimum atomic E-state index is -0.117. The number of nitrogens with zero attached hydrogens (tertiary/aromatic N) is 8. The van der Waals surface area contributed by atoms with Crippen molar-refractivity contribution >= 4 is 150 Å². The van der Waals surface area contributed by atoms with E-state index in [9.17, 15) is 0 Å². The monoisotopic (exact) mass is 1480 g/mol. The topological polar surface area (TPSA) is 87.2 Å². The fraction of sp³-hybridized carbons (Fsp3) is 0.0291. The molecule has 528 valence electrons. The lowest BCUT2D eigenvalue weighted by atomic mass is 9.82. The molecule has 23 aromatic rings. The zero-order valence-corrected chi connectivity index (χ0v) is 63.0. The predicted octanol–water partition coefficient (Wildman–Crippen LogP) is 27.6. The van der Waals surface area contributed by atoms with E-state index in [1.165, 1.54) is 122 Å². The summed E-state index contributed by atoms with van der Waals surface area (Å²) in [5.41, 5.74) is 23.7. The maximum absolute atomic E-state index is 5.42. The van der Waals surface area contributed by atoms with Crippen LogP contribution in [0.3, 0.4) is 0 Å². The van der Waals surface area contributed by atoms with Crippen LogP contribution < -0.4 is 0 Å². The molecule has 0 saturated heterocycles. The van der Waals surface area contributed by atoms with Gasteiger partial charge in [-0.25, -0.2) is 29.9 Å². The van der Waals surface area contributed by atoms with Gasteiger partial charge in [-0.3, -0.25) is 0 Å². The second-order valence-corrected chi connectivity index (χ2v) is 32.1. The van der Waals surface area contributed by atoms with E-state index in [1.54, 1.807) is 0 Å².